The molecule has 106 valence electrons. The lowest BCUT2D eigenvalue weighted by molar-refractivity contribution is -0.133. The Bertz CT molecular complexity index is 508. The highest BCUT2D eigenvalue weighted by Gasteiger charge is 2.33. The van der Waals surface area contributed by atoms with Gasteiger partial charge in [-0.15, -0.1) is 11.8 Å². The first kappa shape index (κ1) is 13.7. The first-order chi connectivity index (χ1) is 9.65. The van der Waals surface area contributed by atoms with Crippen LogP contribution in [-0.4, -0.2) is 34.9 Å². The third kappa shape index (κ3) is 2.62. The second-order valence-electron chi connectivity index (χ2n) is 5.64. The van der Waals surface area contributed by atoms with E-state index in [0.29, 0.717) is 18.6 Å². The summed E-state index contributed by atoms with van der Waals surface area (Å²) in [5.41, 5.74) is 1.28. The van der Waals surface area contributed by atoms with Crippen LogP contribution in [0.4, 0.5) is 0 Å². The van der Waals surface area contributed by atoms with Gasteiger partial charge in [0.05, 0.1) is 5.25 Å². The van der Waals surface area contributed by atoms with Crippen molar-refractivity contribution in [1.82, 2.24) is 4.90 Å². The maximum atomic E-state index is 12.6. The Morgan fingerprint density at radius 2 is 1.95 bits per heavy atom. The molecule has 0 aromatic heterocycles. The molecule has 0 radical (unpaired) electrons. The minimum atomic E-state index is 0.00929. The molecule has 4 heteroatoms. The normalized spacial score (nSPS) is 22.6. The first-order valence-corrected chi connectivity index (χ1v) is 8.06. The molecule has 0 saturated heterocycles. The molecule has 20 heavy (non-hydrogen) atoms. The summed E-state index contributed by atoms with van der Waals surface area (Å²) in [4.78, 5) is 27.0. The molecule has 1 fully saturated rings. The Morgan fingerprint density at radius 3 is 2.65 bits per heavy atom. The fourth-order valence-corrected chi connectivity index (χ4v) is 4.34. The molecule has 1 unspecified atom stereocenters. The zero-order valence-electron chi connectivity index (χ0n) is 11.7. The van der Waals surface area contributed by atoms with Crippen LogP contribution in [0.15, 0.2) is 29.2 Å². The van der Waals surface area contributed by atoms with Crippen LogP contribution in [-0.2, 0) is 16.0 Å². The predicted molar refractivity (Wildman–Crippen MR) is 79.8 cm³/mol. The van der Waals surface area contributed by atoms with Crippen LogP contribution in [0.2, 0.25) is 0 Å². The van der Waals surface area contributed by atoms with Crippen molar-refractivity contribution in [2.75, 3.05) is 7.05 Å². The number of nitrogens with zero attached hydrogens (tertiary/aromatic N) is 1. The van der Waals surface area contributed by atoms with Gasteiger partial charge >= 0.3 is 0 Å². The summed E-state index contributed by atoms with van der Waals surface area (Å²) in [6.45, 7) is 0. The standard InChI is InChI=1S/C16H19NO2S/c1-17(12-6-8-13(18)9-7-12)16(19)15-10-11-4-2-3-5-14(11)20-15/h2-5,12,15H,6-10H2,1H3. The molecule has 1 saturated carbocycles. The van der Waals surface area contributed by atoms with Gasteiger partial charge in [0.1, 0.15) is 5.78 Å². The Kier molecular flexibility index (Phi) is 3.83. The fraction of sp³-hybridized carbons (Fsp3) is 0.500. The summed E-state index contributed by atoms with van der Waals surface area (Å²) in [6.07, 6.45) is 3.73. The third-order valence-electron chi connectivity index (χ3n) is 4.33. The largest absolute Gasteiger partial charge is 0.342 e. The zero-order valence-corrected chi connectivity index (χ0v) is 12.5. The quantitative estimate of drug-likeness (QED) is 0.840. The molecule has 0 N–H and O–H groups in total. The molecular weight excluding hydrogens is 270 g/mol. The second-order valence-corrected chi connectivity index (χ2v) is 6.88. The van der Waals surface area contributed by atoms with Crippen LogP contribution < -0.4 is 0 Å². The van der Waals surface area contributed by atoms with Crippen molar-refractivity contribution in [2.45, 2.75) is 48.3 Å². The maximum absolute atomic E-state index is 12.6. The van der Waals surface area contributed by atoms with Gasteiger partial charge in [0, 0.05) is 30.8 Å². The van der Waals surface area contributed by atoms with E-state index in [-0.39, 0.29) is 17.2 Å². The SMILES string of the molecule is CN(C(=O)C1Cc2ccccc2S1)C1CCC(=O)CC1. The summed E-state index contributed by atoms with van der Waals surface area (Å²) in [5.74, 6) is 0.551. The number of ketones is 1. The number of benzene rings is 1. The van der Waals surface area contributed by atoms with Gasteiger partial charge < -0.3 is 4.90 Å². The molecule has 1 aliphatic heterocycles. The van der Waals surface area contributed by atoms with Crippen LogP contribution >= 0.6 is 11.8 Å². The van der Waals surface area contributed by atoms with E-state index in [9.17, 15) is 9.59 Å². The molecule has 1 amide bonds. The van der Waals surface area contributed by atoms with E-state index in [2.05, 4.69) is 12.1 Å². The number of hydrogen-bond donors (Lipinski definition) is 0. The third-order valence-corrected chi connectivity index (χ3v) is 5.64. The molecule has 3 rings (SSSR count). The fourth-order valence-electron chi connectivity index (χ4n) is 3.04. The summed E-state index contributed by atoms with van der Waals surface area (Å²) in [5, 5.41) is 0.00929. The minimum absolute atomic E-state index is 0.00929. The lowest BCUT2D eigenvalue weighted by atomic mass is 9.93. The Hall–Kier alpha value is -1.29. The van der Waals surface area contributed by atoms with Gasteiger partial charge in [-0.05, 0) is 30.9 Å². The number of hydrogen-bond acceptors (Lipinski definition) is 3. The highest BCUT2D eigenvalue weighted by atomic mass is 32.2. The van der Waals surface area contributed by atoms with E-state index in [4.69, 9.17) is 0 Å². The van der Waals surface area contributed by atoms with Crippen molar-refractivity contribution in [3.63, 3.8) is 0 Å². The number of Topliss-reactive ketones (excluding diaryl/α,β-unsaturated/α-hetero) is 1. The lowest BCUT2D eigenvalue weighted by Crippen LogP contribution is -2.43. The molecule has 1 aromatic rings. The van der Waals surface area contributed by atoms with Gasteiger partial charge in [0.2, 0.25) is 5.91 Å². The molecule has 0 spiro atoms. The molecule has 1 atom stereocenters. The molecule has 1 heterocycles. The van der Waals surface area contributed by atoms with Crippen molar-refractivity contribution in [2.24, 2.45) is 0 Å². The summed E-state index contributed by atoms with van der Waals surface area (Å²) in [7, 11) is 1.90. The van der Waals surface area contributed by atoms with Crippen LogP contribution in [0, 0.1) is 0 Å². The van der Waals surface area contributed by atoms with Crippen LogP contribution in [0.5, 0.6) is 0 Å². The summed E-state index contributed by atoms with van der Waals surface area (Å²) in [6, 6.07) is 8.49. The summed E-state index contributed by atoms with van der Waals surface area (Å²) >= 11 is 1.68. The monoisotopic (exact) mass is 289 g/mol. The number of carbonyl (C=O) groups is 2. The smallest absolute Gasteiger partial charge is 0.236 e. The van der Waals surface area contributed by atoms with E-state index in [0.717, 1.165) is 19.3 Å². The Labute approximate surface area is 123 Å². The van der Waals surface area contributed by atoms with Gasteiger partial charge in [-0.2, -0.15) is 0 Å². The van der Waals surface area contributed by atoms with E-state index in [1.807, 2.05) is 24.1 Å². The number of amides is 1. The highest BCUT2D eigenvalue weighted by molar-refractivity contribution is 8.01. The van der Waals surface area contributed by atoms with Crippen molar-refractivity contribution in [3.05, 3.63) is 29.8 Å². The van der Waals surface area contributed by atoms with E-state index >= 15 is 0 Å². The average Bonchev–Trinajstić information content (AvgIpc) is 2.90. The molecule has 0 bridgehead atoms. The van der Waals surface area contributed by atoms with Gasteiger partial charge in [0.25, 0.3) is 0 Å². The van der Waals surface area contributed by atoms with Crippen LogP contribution in [0.1, 0.15) is 31.2 Å². The molecule has 1 aliphatic carbocycles. The van der Waals surface area contributed by atoms with Crippen LogP contribution in [0.3, 0.4) is 0 Å². The number of thioether (sulfide) groups is 1. The first-order valence-electron chi connectivity index (χ1n) is 7.18. The molecule has 3 nitrogen and oxygen atoms in total. The van der Waals surface area contributed by atoms with E-state index < -0.39 is 0 Å². The summed E-state index contributed by atoms with van der Waals surface area (Å²) < 4.78 is 0. The van der Waals surface area contributed by atoms with Gasteiger partial charge in [-0.1, -0.05) is 18.2 Å². The maximum Gasteiger partial charge on any atom is 0.236 e. The molecular formula is C16H19NO2S. The Morgan fingerprint density at radius 1 is 1.25 bits per heavy atom. The predicted octanol–water partition coefficient (Wildman–Crippen LogP) is 2.67. The van der Waals surface area contributed by atoms with E-state index in [1.54, 1.807) is 11.8 Å². The second kappa shape index (κ2) is 5.60. The topological polar surface area (TPSA) is 37.4 Å². The minimum Gasteiger partial charge on any atom is -0.342 e. The van der Waals surface area contributed by atoms with Crippen molar-refractivity contribution in [3.8, 4) is 0 Å². The zero-order chi connectivity index (χ0) is 14.1. The average molecular weight is 289 g/mol. The number of carbonyl (C=O) groups excluding carboxylic acids is 2. The lowest BCUT2D eigenvalue weighted by Gasteiger charge is -2.32. The van der Waals surface area contributed by atoms with Crippen LogP contribution in [0.25, 0.3) is 0 Å². The van der Waals surface area contributed by atoms with Crippen molar-refractivity contribution >= 4 is 23.5 Å². The van der Waals surface area contributed by atoms with E-state index in [1.165, 1.54) is 10.5 Å². The van der Waals surface area contributed by atoms with Crippen molar-refractivity contribution < 1.29 is 9.59 Å². The number of rotatable bonds is 2. The van der Waals surface area contributed by atoms with Gasteiger partial charge in [-0.25, -0.2) is 0 Å². The number of fused-ring (bicyclic) bond motifs is 1. The molecule has 2 aliphatic rings. The van der Waals surface area contributed by atoms with Gasteiger partial charge in [0.15, 0.2) is 0 Å². The van der Waals surface area contributed by atoms with Crippen molar-refractivity contribution in [1.29, 1.82) is 0 Å². The Balaban J connectivity index is 1.64. The van der Waals surface area contributed by atoms with Gasteiger partial charge in [-0.3, -0.25) is 9.59 Å². The highest BCUT2D eigenvalue weighted by Crippen LogP contribution is 2.38. The molecule has 1 aromatic carbocycles.